The normalized spacial score (nSPS) is 10.4. The van der Waals surface area contributed by atoms with Crippen molar-refractivity contribution in [3.8, 4) is 28.4 Å². The van der Waals surface area contributed by atoms with E-state index in [1.807, 2.05) is 13.0 Å². The van der Waals surface area contributed by atoms with Gasteiger partial charge in [-0.2, -0.15) is 0 Å². The average molecular weight is 230 g/mol. The van der Waals surface area contributed by atoms with Crippen LogP contribution in [0, 0.1) is 0 Å². The van der Waals surface area contributed by atoms with Crippen molar-refractivity contribution in [1.29, 1.82) is 0 Å². The molecule has 0 fully saturated rings. The maximum absolute atomic E-state index is 9.77. The van der Waals surface area contributed by atoms with Gasteiger partial charge in [-0.05, 0) is 35.7 Å². The number of hydrogen-bond acceptors (Lipinski definition) is 3. The Morgan fingerprint density at radius 1 is 0.941 bits per heavy atom. The van der Waals surface area contributed by atoms with E-state index in [1.165, 1.54) is 6.07 Å². The molecule has 0 heterocycles. The SMILES string of the molecule is CCc1c(O)cccc1-c1cc(O)cc(O)c1. The largest absolute Gasteiger partial charge is 0.508 e. The molecule has 0 saturated heterocycles. The Morgan fingerprint density at radius 3 is 2.18 bits per heavy atom. The van der Waals surface area contributed by atoms with Gasteiger partial charge in [0.25, 0.3) is 0 Å². The van der Waals surface area contributed by atoms with Gasteiger partial charge in [-0.1, -0.05) is 19.1 Å². The highest BCUT2D eigenvalue weighted by molar-refractivity contribution is 5.72. The molecule has 88 valence electrons. The Kier molecular flexibility index (Phi) is 2.91. The fourth-order valence-electron chi connectivity index (χ4n) is 1.97. The smallest absolute Gasteiger partial charge is 0.119 e. The van der Waals surface area contributed by atoms with Crippen molar-refractivity contribution in [3.63, 3.8) is 0 Å². The molecule has 0 aliphatic rings. The predicted octanol–water partition coefficient (Wildman–Crippen LogP) is 3.03. The van der Waals surface area contributed by atoms with Crippen LogP contribution in [0.25, 0.3) is 11.1 Å². The maximum Gasteiger partial charge on any atom is 0.119 e. The van der Waals surface area contributed by atoms with E-state index in [4.69, 9.17) is 0 Å². The van der Waals surface area contributed by atoms with Crippen LogP contribution in [0.5, 0.6) is 17.2 Å². The summed E-state index contributed by atoms with van der Waals surface area (Å²) in [7, 11) is 0. The number of aromatic hydroxyl groups is 3. The summed E-state index contributed by atoms with van der Waals surface area (Å²) < 4.78 is 0. The topological polar surface area (TPSA) is 60.7 Å². The van der Waals surface area contributed by atoms with Crippen molar-refractivity contribution in [3.05, 3.63) is 42.0 Å². The fourth-order valence-corrected chi connectivity index (χ4v) is 1.97. The first-order valence-corrected chi connectivity index (χ1v) is 5.46. The van der Waals surface area contributed by atoms with Gasteiger partial charge in [0.1, 0.15) is 17.2 Å². The van der Waals surface area contributed by atoms with Crippen LogP contribution >= 0.6 is 0 Å². The molecule has 2 aromatic rings. The summed E-state index contributed by atoms with van der Waals surface area (Å²) in [6.07, 6.45) is 0.679. The fraction of sp³-hybridized carbons (Fsp3) is 0.143. The highest BCUT2D eigenvalue weighted by Gasteiger charge is 2.09. The van der Waals surface area contributed by atoms with Crippen LogP contribution in [-0.4, -0.2) is 15.3 Å². The summed E-state index contributed by atoms with van der Waals surface area (Å²) in [5, 5.41) is 28.7. The van der Waals surface area contributed by atoms with Crippen molar-refractivity contribution in [2.24, 2.45) is 0 Å². The summed E-state index contributed by atoms with van der Waals surface area (Å²) in [6.45, 7) is 1.95. The minimum atomic E-state index is 0.00500. The third-order valence-corrected chi connectivity index (χ3v) is 2.72. The van der Waals surface area contributed by atoms with Crippen molar-refractivity contribution in [1.82, 2.24) is 0 Å². The van der Waals surface area contributed by atoms with Gasteiger partial charge >= 0.3 is 0 Å². The van der Waals surface area contributed by atoms with E-state index < -0.39 is 0 Å². The van der Waals surface area contributed by atoms with Gasteiger partial charge in [-0.15, -0.1) is 0 Å². The monoisotopic (exact) mass is 230 g/mol. The third kappa shape index (κ3) is 2.18. The van der Waals surface area contributed by atoms with Gasteiger partial charge in [-0.25, -0.2) is 0 Å². The van der Waals surface area contributed by atoms with Gasteiger partial charge in [0.15, 0.2) is 0 Å². The predicted molar refractivity (Wildman–Crippen MR) is 66.3 cm³/mol. The second-order valence-corrected chi connectivity index (χ2v) is 3.89. The molecule has 17 heavy (non-hydrogen) atoms. The summed E-state index contributed by atoms with van der Waals surface area (Å²) in [5.74, 6) is 0.239. The molecule has 0 aliphatic carbocycles. The molecule has 0 aliphatic heterocycles. The Balaban J connectivity index is 2.63. The summed E-state index contributed by atoms with van der Waals surface area (Å²) in [4.78, 5) is 0. The Morgan fingerprint density at radius 2 is 1.59 bits per heavy atom. The molecule has 2 rings (SSSR count). The highest BCUT2D eigenvalue weighted by Crippen LogP contribution is 2.34. The van der Waals surface area contributed by atoms with E-state index in [0.717, 1.165) is 11.1 Å². The molecule has 0 bridgehead atoms. The lowest BCUT2D eigenvalue weighted by Gasteiger charge is -2.10. The Labute approximate surface area is 99.6 Å². The number of benzene rings is 2. The molecule has 0 aromatic heterocycles. The van der Waals surface area contributed by atoms with E-state index in [2.05, 4.69) is 0 Å². The second-order valence-electron chi connectivity index (χ2n) is 3.89. The molecule has 3 nitrogen and oxygen atoms in total. The molecule has 0 saturated carbocycles. The van der Waals surface area contributed by atoms with Crippen molar-refractivity contribution in [2.45, 2.75) is 13.3 Å². The van der Waals surface area contributed by atoms with Crippen LogP contribution < -0.4 is 0 Å². The van der Waals surface area contributed by atoms with E-state index >= 15 is 0 Å². The van der Waals surface area contributed by atoms with Crippen molar-refractivity contribution >= 4 is 0 Å². The lowest BCUT2D eigenvalue weighted by atomic mass is 9.97. The van der Waals surface area contributed by atoms with E-state index in [-0.39, 0.29) is 17.2 Å². The molecule has 0 unspecified atom stereocenters. The lowest BCUT2D eigenvalue weighted by molar-refractivity contribution is 0.451. The molecule has 3 N–H and O–H groups in total. The maximum atomic E-state index is 9.77. The van der Waals surface area contributed by atoms with Crippen LogP contribution in [0.4, 0.5) is 0 Å². The molecule has 0 spiro atoms. The molecule has 0 radical (unpaired) electrons. The molecule has 2 aromatic carbocycles. The standard InChI is InChI=1S/C14H14O3/c1-2-12-13(4-3-5-14(12)17)9-6-10(15)8-11(16)7-9/h3-8,15-17H,2H2,1H3. The van der Waals surface area contributed by atoms with Gasteiger partial charge in [0.2, 0.25) is 0 Å². The average Bonchev–Trinajstić information content (AvgIpc) is 2.27. The number of phenols is 3. The Hall–Kier alpha value is -2.16. The van der Waals surface area contributed by atoms with Crippen LogP contribution in [0.3, 0.4) is 0 Å². The molecular weight excluding hydrogens is 216 g/mol. The molecular formula is C14H14O3. The molecule has 0 amide bonds. The van der Waals surface area contributed by atoms with Crippen molar-refractivity contribution in [2.75, 3.05) is 0 Å². The van der Waals surface area contributed by atoms with Gasteiger partial charge < -0.3 is 15.3 Å². The zero-order chi connectivity index (χ0) is 12.4. The van der Waals surface area contributed by atoms with Gasteiger partial charge in [0.05, 0.1) is 0 Å². The van der Waals surface area contributed by atoms with Crippen molar-refractivity contribution < 1.29 is 15.3 Å². The van der Waals surface area contributed by atoms with E-state index in [1.54, 1.807) is 24.3 Å². The van der Waals surface area contributed by atoms with Crippen LogP contribution in [-0.2, 0) is 6.42 Å². The molecule has 3 heteroatoms. The Bertz CT molecular complexity index is 527. The third-order valence-electron chi connectivity index (χ3n) is 2.72. The first-order valence-electron chi connectivity index (χ1n) is 5.46. The second kappa shape index (κ2) is 4.37. The number of rotatable bonds is 2. The van der Waals surface area contributed by atoms with Crippen LogP contribution in [0.1, 0.15) is 12.5 Å². The molecule has 0 atom stereocenters. The first-order chi connectivity index (χ1) is 8.11. The quantitative estimate of drug-likeness (QED) is 0.743. The van der Waals surface area contributed by atoms with Crippen LogP contribution in [0.15, 0.2) is 36.4 Å². The van der Waals surface area contributed by atoms with Gasteiger partial charge in [-0.3, -0.25) is 0 Å². The summed E-state index contributed by atoms with van der Waals surface area (Å²) in [5.41, 5.74) is 2.31. The van der Waals surface area contributed by atoms with Crippen LogP contribution in [0.2, 0.25) is 0 Å². The van der Waals surface area contributed by atoms with E-state index in [0.29, 0.717) is 12.0 Å². The zero-order valence-corrected chi connectivity index (χ0v) is 9.51. The zero-order valence-electron chi connectivity index (χ0n) is 9.51. The number of phenolic OH excluding ortho intramolecular Hbond substituents is 3. The lowest BCUT2D eigenvalue weighted by Crippen LogP contribution is -1.88. The first kappa shape index (κ1) is 11.3. The van der Waals surface area contributed by atoms with Gasteiger partial charge in [0, 0.05) is 11.6 Å². The summed E-state index contributed by atoms with van der Waals surface area (Å²) in [6, 6.07) is 9.63. The minimum Gasteiger partial charge on any atom is -0.508 e. The van der Waals surface area contributed by atoms with E-state index in [9.17, 15) is 15.3 Å². The minimum absolute atomic E-state index is 0.00500. The number of hydrogen-bond donors (Lipinski definition) is 3. The highest BCUT2D eigenvalue weighted by atomic mass is 16.3. The summed E-state index contributed by atoms with van der Waals surface area (Å²) >= 11 is 0.